The maximum Gasteiger partial charge on any atom is 0.0671 e. The van der Waals surface area contributed by atoms with Crippen LogP contribution >= 0.6 is 46.4 Å². The fourth-order valence-corrected chi connectivity index (χ4v) is 3.76. The lowest BCUT2D eigenvalue weighted by molar-refractivity contribution is 1.05. The number of hydrogen-bond acceptors (Lipinski definition) is 1. The third-order valence-electron chi connectivity index (χ3n) is 4.18. The van der Waals surface area contributed by atoms with E-state index in [0.29, 0.717) is 26.5 Å². The number of aryl methyl sites for hydroxylation is 2. The van der Waals surface area contributed by atoms with Crippen LogP contribution in [0.15, 0.2) is 42.5 Å². The Morgan fingerprint density at radius 2 is 1.36 bits per heavy atom. The van der Waals surface area contributed by atoms with Crippen molar-refractivity contribution in [3.05, 3.63) is 85.1 Å². The standard InChI is InChI=1S/C20H15Cl4N/c1-11-13(10-16-17(21)6-4-7-18(16)22)9-15(12(2)25-11)14-5-3-8-19(23)20(14)24/h3-9H,10H2,1-2H3. The molecule has 0 saturated heterocycles. The second-order valence-electron chi connectivity index (χ2n) is 5.84. The summed E-state index contributed by atoms with van der Waals surface area (Å²) in [4.78, 5) is 4.69. The first kappa shape index (κ1) is 18.5. The van der Waals surface area contributed by atoms with Crippen LogP contribution in [0.3, 0.4) is 0 Å². The molecule has 0 aliphatic rings. The first-order chi connectivity index (χ1) is 11.9. The van der Waals surface area contributed by atoms with Crippen molar-refractivity contribution in [3.8, 4) is 11.1 Å². The number of benzene rings is 2. The summed E-state index contributed by atoms with van der Waals surface area (Å²) in [7, 11) is 0. The van der Waals surface area contributed by atoms with Gasteiger partial charge < -0.3 is 0 Å². The van der Waals surface area contributed by atoms with E-state index in [1.807, 2.05) is 44.2 Å². The van der Waals surface area contributed by atoms with Gasteiger partial charge in [-0.15, -0.1) is 0 Å². The number of hydrogen-bond donors (Lipinski definition) is 0. The highest BCUT2D eigenvalue weighted by molar-refractivity contribution is 6.43. The van der Waals surface area contributed by atoms with E-state index in [0.717, 1.165) is 33.6 Å². The van der Waals surface area contributed by atoms with E-state index in [2.05, 4.69) is 11.1 Å². The summed E-state index contributed by atoms with van der Waals surface area (Å²) in [6, 6.07) is 13.2. The van der Waals surface area contributed by atoms with Gasteiger partial charge in [-0.05, 0) is 49.2 Å². The SMILES string of the molecule is Cc1nc(C)c(-c2cccc(Cl)c2Cl)cc1Cc1c(Cl)cccc1Cl. The third-order valence-corrected chi connectivity index (χ3v) is 5.71. The predicted molar refractivity (Wildman–Crippen MR) is 108 cm³/mol. The van der Waals surface area contributed by atoms with Crippen LogP contribution in [0, 0.1) is 13.8 Å². The van der Waals surface area contributed by atoms with Gasteiger partial charge >= 0.3 is 0 Å². The van der Waals surface area contributed by atoms with Gasteiger partial charge in [-0.2, -0.15) is 0 Å². The molecule has 0 unspecified atom stereocenters. The molecule has 0 spiro atoms. The van der Waals surface area contributed by atoms with Gasteiger partial charge in [-0.1, -0.05) is 64.6 Å². The minimum atomic E-state index is 0.523. The minimum Gasteiger partial charge on any atom is -0.258 e. The molecule has 128 valence electrons. The van der Waals surface area contributed by atoms with E-state index in [4.69, 9.17) is 46.4 Å². The Bertz CT molecular complexity index is 930. The Kier molecular flexibility index (Phi) is 5.60. The van der Waals surface area contributed by atoms with Crippen LogP contribution < -0.4 is 0 Å². The molecule has 0 bridgehead atoms. The largest absolute Gasteiger partial charge is 0.258 e. The number of nitrogens with zero attached hydrogens (tertiary/aromatic N) is 1. The molecule has 0 aliphatic heterocycles. The van der Waals surface area contributed by atoms with E-state index >= 15 is 0 Å². The van der Waals surface area contributed by atoms with E-state index in [-0.39, 0.29) is 0 Å². The summed E-state index contributed by atoms with van der Waals surface area (Å²) in [5.74, 6) is 0. The Hall–Kier alpha value is -1.25. The molecular formula is C20H15Cl4N. The van der Waals surface area contributed by atoms with Crippen LogP contribution in [0.1, 0.15) is 22.5 Å². The maximum atomic E-state index is 6.40. The lowest BCUT2D eigenvalue weighted by Crippen LogP contribution is -2.00. The average Bonchev–Trinajstić information content (AvgIpc) is 2.56. The second kappa shape index (κ2) is 7.55. The van der Waals surface area contributed by atoms with E-state index in [9.17, 15) is 0 Å². The van der Waals surface area contributed by atoms with Crippen molar-refractivity contribution in [2.45, 2.75) is 20.3 Å². The molecule has 3 aromatic rings. The van der Waals surface area contributed by atoms with Gasteiger partial charge in [0.15, 0.2) is 0 Å². The molecular weight excluding hydrogens is 396 g/mol. The Morgan fingerprint density at radius 3 is 2.04 bits per heavy atom. The van der Waals surface area contributed by atoms with Gasteiger partial charge in [0.2, 0.25) is 0 Å². The van der Waals surface area contributed by atoms with Crippen molar-refractivity contribution < 1.29 is 0 Å². The van der Waals surface area contributed by atoms with Crippen molar-refractivity contribution in [1.29, 1.82) is 0 Å². The highest BCUT2D eigenvalue weighted by atomic mass is 35.5. The van der Waals surface area contributed by atoms with Crippen LogP contribution in [-0.4, -0.2) is 4.98 Å². The van der Waals surface area contributed by atoms with Gasteiger partial charge in [0.05, 0.1) is 10.0 Å². The van der Waals surface area contributed by atoms with Crippen LogP contribution in [0.5, 0.6) is 0 Å². The summed E-state index contributed by atoms with van der Waals surface area (Å²) < 4.78 is 0. The fraction of sp³-hybridized carbons (Fsp3) is 0.150. The Morgan fingerprint density at radius 1 is 0.760 bits per heavy atom. The molecule has 0 amide bonds. The summed E-state index contributed by atoms with van der Waals surface area (Å²) in [5, 5.41) is 2.35. The zero-order chi connectivity index (χ0) is 18.1. The van der Waals surface area contributed by atoms with Crippen molar-refractivity contribution in [2.24, 2.45) is 0 Å². The van der Waals surface area contributed by atoms with Crippen molar-refractivity contribution in [3.63, 3.8) is 0 Å². The lowest BCUT2D eigenvalue weighted by Gasteiger charge is -2.14. The molecule has 1 aromatic heterocycles. The van der Waals surface area contributed by atoms with Crippen molar-refractivity contribution in [1.82, 2.24) is 4.98 Å². The molecule has 3 rings (SSSR count). The first-order valence-corrected chi connectivity index (χ1v) is 9.24. The summed E-state index contributed by atoms with van der Waals surface area (Å²) >= 11 is 25.2. The topological polar surface area (TPSA) is 12.9 Å². The van der Waals surface area contributed by atoms with Gasteiger partial charge in [0, 0.05) is 39.0 Å². The van der Waals surface area contributed by atoms with E-state index in [1.54, 1.807) is 6.07 Å². The highest BCUT2D eigenvalue weighted by Gasteiger charge is 2.15. The quantitative estimate of drug-likeness (QED) is 0.433. The minimum absolute atomic E-state index is 0.523. The van der Waals surface area contributed by atoms with Gasteiger partial charge in [0.1, 0.15) is 0 Å². The molecule has 1 heterocycles. The molecule has 2 aromatic carbocycles. The van der Waals surface area contributed by atoms with Crippen molar-refractivity contribution >= 4 is 46.4 Å². The zero-order valence-corrected chi connectivity index (χ0v) is 16.7. The smallest absolute Gasteiger partial charge is 0.0671 e. The van der Waals surface area contributed by atoms with Crippen molar-refractivity contribution in [2.75, 3.05) is 0 Å². The molecule has 1 nitrogen and oxygen atoms in total. The van der Waals surface area contributed by atoms with Gasteiger partial charge in [0.25, 0.3) is 0 Å². The number of aromatic nitrogens is 1. The molecule has 0 atom stereocenters. The summed E-state index contributed by atoms with van der Waals surface area (Å²) in [6.45, 7) is 3.95. The Labute approximate surface area is 167 Å². The zero-order valence-electron chi connectivity index (χ0n) is 13.7. The van der Waals surface area contributed by atoms with Crippen LogP contribution in [0.4, 0.5) is 0 Å². The molecule has 0 fully saturated rings. The van der Waals surface area contributed by atoms with Crippen LogP contribution in [0.25, 0.3) is 11.1 Å². The molecule has 25 heavy (non-hydrogen) atoms. The Balaban J connectivity index is 2.12. The van der Waals surface area contributed by atoms with Crippen LogP contribution in [-0.2, 0) is 6.42 Å². The molecule has 0 saturated carbocycles. The first-order valence-electron chi connectivity index (χ1n) is 7.73. The predicted octanol–water partition coefficient (Wildman–Crippen LogP) is 7.57. The maximum absolute atomic E-state index is 6.40. The molecule has 0 radical (unpaired) electrons. The third kappa shape index (κ3) is 3.80. The summed E-state index contributed by atoms with van der Waals surface area (Å²) in [6.07, 6.45) is 0.600. The number of pyridine rings is 1. The number of rotatable bonds is 3. The second-order valence-corrected chi connectivity index (χ2v) is 7.44. The summed E-state index contributed by atoms with van der Waals surface area (Å²) in [5.41, 5.74) is 5.60. The fourth-order valence-electron chi connectivity index (χ4n) is 2.82. The van der Waals surface area contributed by atoms with Gasteiger partial charge in [-0.25, -0.2) is 0 Å². The molecule has 5 heteroatoms. The van der Waals surface area contributed by atoms with E-state index < -0.39 is 0 Å². The molecule has 0 aliphatic carbocycles. The highest BCUT2D eigenvalue weighted by Crippen LogP contribution is 2.36. The monoisotopic (exact) mass is 409 g/mol. The van der Waals surface area contributed by atoms with E-state index in [1.165, 1.54) is 0 Å². The van der Waals surface area contributed by atoms with Gasteiger partial charge in [-0.3, -0.25) is 4.98 Å². The average molecular weight is 411 g/mol. The number of halogens is 4. The molecule has 0 N–H and O–H groups in total. The normalized spacial score (nSPS) is 11.0. The van der Waals surface area contributed by atoms with Crippen LogP contribution in [0.2, 0.25) is 20.1 Å². The lowest BCUT2D eigenvalue weighted by atomic mass is 9.97.